The van der Waals surface area contributed by atoms with Crippen molar-refractivity contribution in [1.29, 1.82) is 0 Å². The molecule has 1 atom stereocenters. The van der Waals surface area contributed by atoms with Gasteiger partial charge in [0.25, 0.3) is 5.91 Å². The first-order valence-electron chi connectivity index (χ1n) is 8.06. The molecule has 1 aromatic rings. The summed E-state index contributed by atoms with van der Waals surface area (Å²) in [6.07, 6.45) is 2.08. The Hall–Kier alpha value is -1.86. The van der Waals surface area contributed by atoms with Gasteiger partial charge in [-0.15, -0.1) is 0 Å². The average Bonchev–Trinajstić information content (AvgIpc) is 2.81. The normalized spacial score (nSPS) is 17.4. The first-order valence-corrected chi connectivity index (χ1v) is 9.28. The Bertz CT molecular complexity index is 698. The fraction of sp³-hybridized carbons (Fsp3) is 0.389. The molecule has 0 aliphatic carbocycles. The van der Waals surface area contributed by atoms with Crippen LogP contribution in [0.4, 0.5) is 0 Å². The van der Waals surface area contributed by atoms with Crippen LogP contribution < -0.4 is 4.74 Å². The third-order valence-electron chi connectivity index (χ3n) is 3.60. The SMILES string of the molecule is CCOc1ccc(/C=C2\SC(=S)N(C(CC(C)C)C(=O)O)C2=O)cc1. The third-order valence-corrected chi connectivity index (χ3v) is 4.93. The van der Waals surface area contributed by atoms with Gasteiger partial charge in [0, 0.05) is 0 Å². The highest BCUT2D eigenvalue weighted by Crippen LogP contribution is 2.35. The maximum Gasteiger partial charge on any atom is 0.326 e. The smallest absolute Gasteiger partial charge is 0.326 e. The number of carboxylic acids is 1. The summed E-state index contributed by atoms with van der Waals surface area (Å²) in [5.74, 6) is -0.486. The Morgan fingerprint density at radius 2 is 2.00 bits per heavy atom. The number of amides is 1. The molecule has 0 saturated carbocycles. The number of ether oxygens (including phenoxy) is 1. The molecule has 1 aliphatic heterocycles. The van der Waals surface area contributed by atoms with Gasteiger partial charge in [-0.05, 0) is 43.0 Å². The van der Waals surface area contributed by atoms with Crippen molar-refractivity contribution in [3.05, 3.63) is 34.7 Å². The molecule has 0 spiro atoms. The molecular weight excluding hydrogens is 358 g/mol. The Balaban J connectivity index is 2.23. The van der Waals surface area contributed by atoms with Crippen LogP contribution in [-0.2, 0) is 9.59 Å². The van der Waals surface area contributed by atoms with Crippen LogP contribution in [0.5, 0.6) is 5.75 Å². The van der Waals surface area contributed by atoms with Crippen molar-refractivity contribution >= 4 is 46.3 Å². The summed E-state index contributed by atoms with van der Waals surface area (Å²) < 4.78 is 5.68. The molecule has 1 aromatic carbocycles. The average molecular weight is 380 g/mol. The topological polar surface area (TPSA) is 66.8 Å². The number of hydrogen-bond donors (Lipinski definition) is 1. The van der Waals surface area contributed by atoms with E-state index in [9.17, 15) is 14.7 Å². The van der Waals surface area contributed by atoms with Gasteiger partial charge in [0.05, 0.1) is 11.5 Å². The fourth-order valence-corrected chi connectivity index (χ4v) is 3.85. The lowest BCUT2D eigenvalue weighted by atomic mass is 10.0. The zero-order valence-electron chi connectivity index (χ0n) is 14.4. The second kappa shape index (κ2) is 8.49. The van der Waals surface area contributed by atoms with E-state index in [0.29, 0.717) is 17.9 Å². The van der Waals surface area contributed by atoms with Gasteiger partial charge in [-0.2, -0.15) is 0 Å². The van der Waals surface area contributed by atoms with E-state index in [1.807, 2.05) is 45.0 Å². The number of aliphatic carboxylic acids is 1. The minimum atomic E-state index is -1.03. The van der Waals surface area contributed by atoms with E-state index in [1.165, 1.54) is 4.90 Å². The lowest BCUT2D eigenvalue weighted by molar-refractivity contribution is -0.145. The number of carboxylic acid groups (broad SMARTS) is 1. The Morgan fingerprint density at radius 3 is 2.52 bits per heavy atom. The van der Waals surface area contributed by atoms with Gasteiger partial charge in [0.2, 0.25) is 0 Å². The molecule has 0 radical (unpaired) electrons. The van der Waals surface area contributed by atoms with Crippen LogP contribution in [0.25, 0.3) is 6.08 Å². The molecule has 25 heavy (non-hydrogen) atoms. The number of rotatable bonds is 7. The van der Waals surface area contributed by atoms with Crippen molar-refractivity contribution in [3.8, 4) is 5.75 Å². The quantitative estimate of drug-likeness (QED) is 0.574. The van der Waals surface area contributed by atoms with Gasteiger partial charge < -0.3 is 9.84 Å². The second-order valence-corrected chi connectivity index (χ2v) is 7.71. The number of carbonyl (C=O) groups excluding carboxylic acids is 1. The molecule has 1 N–H and O–H groups in total. The second-order valence-electron chi connectivity index (χ2n) is 6.04. The van der Waals surface area contributed by atoms with Crippen LogP contribution in [-0.4, -0.2) is 38.9 Å². The fourth-order valence-electron chi connectivity index (χ4n) is 2.49. The zero-order valence-corrected chi connectivity index (χ0v) is 16.0. The van der Waals surface area contributed by atoms with Crippen molar-refractivity contribution < 1.29 is 19.4 Å². The maximum atomic E-state index is 12.7. The van der Waals surface area contributed by atoms with E-state index in [-0.39, 0.29) is 16.1 Å². The Kier molecular flexibility index (Phi) is 6.61. The summed E-state index contributed by atoms with van der Waals surface area (Å²) in [6, 6.07) is 6.42. The molecule has 0 aromatic heterocycles. The van der Waals surface area contributed by atoms with Gasteiger partial charge in [0.1, 0.15) is 16.1 Å². The van der Waals surface area contributed by atoms with Crippen LogP contribution in [0.1, 0.15) is 32.8 Å². The number of benzene rings is 1. The molecule has 1 unspecified atom stereocenters. The Labute approximate surface area is 157 Å². The van der Waals surface area contributed by atoms with Crippen molar-refractivity contribution in [2.45, 2.75) is 33.2 Å². The number of nitrogens with zero attached hydrogens (tertiary/aromatic N) is 1. The van der Waals surface area contributed by atoms with Gasteiger partial charge in [-0.25, -0.2) is 4.79 Å². The van der Waals surface area contributed by atoms with E-state index in [2.05, 4.69) is 0 Å². The van der Waals surface area contributed by atoms with Gasteiger partial charge >= 0.3 is 5.97 Å². The molecule has 7 heteroatoms. The Morgan fingerprint density at radius 1 is 1.36 bits per heavy atom. The highest BCUT2D eigenvalue weighted by Gasteiger charge is 2.40. The lowest BCUT2D eigenvalue weighted by Gasteiger charge is -2.24. The molecule has 1 saturated heterocycles. The molecule has 5 nitrogen and oxygen atoms in total. The summed E-state index contributed by atoms with van der Waals surface area (Å²) in [6.45, 7) is 6.34. The minimum absolute atomic E-state index is 0.140. The van der Waals surface area contributed by atoms with Crippen LogP contribution in [0.2, 0.25) is 0 Å². The highest BCUT2D eigenvalue weighted by atomic mass is 32.2. The highest BCUT2D eigenvalue weighted by molar-refractivity contribution is 8.26. The molecule has 1 heterocycles. The molecule has 1 fully saturated rings. The van der Waals surface area contributed by atoms with Crippen molar-refractivity contribution in [1.82, 2.24) is 4.90 Å². The summed E-state index contributed by atoms with van der Waals surface area (Å²) >= 11 is 6.40. The van der Waals surface area contributed by atoms with Crippen LogP contribution in [0.3, 0.4) is 0 Å². The molecule has 134 valence electrons. The van der Waals surface area contributed by atoms with Gasteiger partial charge in [0.15, 0.2) is 0 Å². The maximum absolute atomic E-state index is 12.7. The first kappa shape index (κ1) is 19.5. The minimum Gasteiger partial charge on any atom is -0.494 e. The van der Waals surface area contributed by atoms with E-state index in [1.54, 1.807) is 6.08 Å². The number of hydrogen-bond acceptors (Lipinski definition) is 5. The van der Waals surface area contributed by atoms with Crippen molar-refractivity contribution in [2.75, 3.05) is 6.61 Å². The standard InChI is InChI=1S/C18H21NO4S2/c1-4-23-13-7-5-12(6-8-13)10-15-16(20)19(18(24)25-15)14(17(21)22)9-11(2)3/h5-8,10-11,14H,4,9H2,1-3H3,(H,21,22)/b15-10-. The largest absolute Gasteiger partial charge is 0.494 e. The molecule has 1 aliphatic rings. The summed E-state index contributed by atoms with van der Waals surface area (Å²) in [5, 5.41) is 9.48. The summed E-state index contributed by atoms with van der Waals surface area (Å²) in [4.78, 5) is 25.9. The summed E-state index contributed by atoms with van der Waals surface area (Å²) in [5.41, 5.74) is 0.833. The van der Waals surface area contributed by atoms with E-state index in [0.717, 1.165) is 23.1 Å². The van der Waals surface area contributed by atoms with Crippen LogP contribution >= 0.6 is 24.0 Å². The number of thioether (sulfide) groups is 1. The predicted molar refractivity (Wildman–Crippen MR) is 104 cm³/mol. The molecular formula is C18H21NO4S2. The lowest BCUT2D eigenvalue weighted by Crippen LogP contribution is -2.44. The predicted octanol–water partition coefficient (Wildman–Crippen LogP) is 3.79. The monoisotopic (exact) mass is 379 g/mol. The van der Waals surface area contributed by atoms with Crippen LogP contribution in [0.15, 0.2) is 29.2 Å². The van der Waals surface area contributed by atoms with E-state index < -0.39 is 12.0 Å². The van der Waals surface area contributed by atoms with Gasteiger partial charge in [-0.1, -0.05) is 50.0 Å². The molecule has 2 rings (SSSR count). The summed E-state index contributed by atoms with van der Waals surface area (Å²) in [7, 11) is 0. The van der Waals surface area contributed by atoms with Gasteiger partial charge in [-0.3, -0.25) is 9.69 Å². The number of carbonyl (C=O) groups is 2. The van der Waals surface area contributed by atoms with Crippen molar-refractivity contribution in [2.24, 2.45) is 5.92 Å². The van der Waals surface area contributed by atoms with E-state index in [4.69, 9.17) is 17.0 Å². The van der Waals surface area contributed by atoms with Crippen LogP contribution in [0, 0.1) is 5.92 Å². The van der Waals surface area contributed by atoms with E-state index >= 15 is 0 Å². The third kappa shape index (κ3) is 4.83. The number of thiocarbonyl (C=S) groups is 1. The zero-order chi connectivity index (χ0) is 18.6. The first-order chi connectivity index (χ1) is 11.8. The molecule has 0 bridgehead atoms. The van der Waals surface area contributed by atoms with Crippen molar-refractivity contribution in [3.63, 3.8) is 0 Å². The molecule has 1 amide bonds.